The topological polar surface area (TPSA) is 26.7 Å². The maximum Gasteiger partial charge on any atom is 0.0916 e. The number of β-amino-alcohol motifs (C(OH)–C–C–N with tert-alkyl or cyclic N) is 1. The number of hydrogen-bond donors (Lipinski definition) is 1. The molecule has 1 aliphatic rings. The molecule has 0 aliphatic carbocycles. The number of anilines is 1. The van der Waals surface area contributed by atoms with Crippen molar-refractivity contribution in [2.75, 3.05) is 38.6 Å². The fourth-order valence-electron chi connectivity index (χ4n) is 2.31. The average molecular weight is 234 g/mol. The first-order chi connectivity index (χ1) is 8.16. The molecule has 1 saturated heterocycles. The Hall–Kier alpha value is -1.06. The normalized spacial score (nSPS) is 18.3. The van der Waals surface area contributed by atoms with Gasteiger partial charge in [0, 0.05) is 26.3 Å². The Morgan fingerprint density at radius 1 is 1.18 bits per heavy atom. The molecule has 1 heterocycles. The minimum atomic E-state index is -0.357. The molecule has 0 spiro atoms. The van der Waals surface area contributed by atoms with Gasteiger partial charge < -0.3 is 14.9 Å². The molecule has 1 atom stereocenters. The van der Waals surface area contributed by atoms with Crippen molar-refractivity contribution in [2.45, 2.75) is 18.9 Å². The van der Waals surface area contributed by atoms with Crippen LogP contribution in [0.3, 0.4) is 0 Å². The summed E-state index contributed by atoms with van der Waals surface area (Å²) in [6, 6.07) is 8.16. The van der Waals surface area contributed by atoms with E-state index in [1.807, 2.05) is 26.2 Å². The third-order valence-electron chi connectivity index (χ3n) is 3.42. The molecule has 1 unspecified atom stereocenters. The number of rotatable bonds is 4. The SMILES string of the molecule is CN(C)c1ccc(C(O)CN2CCCC2)cc1. The predicted molar refractivity (Wildman–Crippen MR) is 71.4 cm³/mol. The van der Waals surface area contributed by atoms with Gasteiger partial charge in [0.1, 0.15) is 0 Å². The fourth-order valence-corrected chi connectivity index (χ4v) is 2.31. The monoisotopic (exact) mass is 234 g/mol. The molecule has 1 aromatic rings. The van der Waals surface area contributed by atoms with E-state index < -0.39 is 0 Å². The Morgan fingerprint density at radius 3 is 2.29 bits per heavy atom. The van der Waals surface area contributed by atoms with Crippen molar-refractivity contribution in [2.24, 2.45) is 0 Å². The van der Waals surface area contributed by atoms with Gasteiger partial charge in [0.05, 0.1) is 6.10 Å². The van der Waals surface area contributed by atoms with Crippen LogP contribution in [0.4, 0.5) is 5.69 Å². The molecule has 94 valence electrons. The van der Waals surface area contributed by atoms with E-state index >= 15 is 0 Å². The number of aliphatic hydroxyl groups excluding tert-OH is 1. The minimum absolute atomic E-state index is 0.357. The number of aliphatic hydroxyl groups is 1. The van der Waals surface area contributed by atoms with Crippen LogP contribution in [0.2, 0.25) is 0 Å². The summed E-state index contributed by atoms with van der Waals surface area (Å²) in [5.41, 5.74) is 2.18. The Kier molecular flexibility index (Phi) is 4.02. The maximum absolute atomic E-state index is 10.2. The van der Waals surface area contributed by atoms with Gasteiger partial charge >= 0.3 is 0 Å². The lowest BCUT2D eigenvalue weighted by atomic mass is 10.1. The summed E-state index contributed by atoms with van der Waals surface area (Å²) in [6.07, 6.45) is 2.18. The first-order valence-electron chi connectivity index (χ1n) is 6.34. The highest BCUT2D eigenvalue weighted by atomic mass is 16.3. The third kappa shape index (κ3) is 3.20. The molecule has 3 nitrogen and oxygen atoms in total. The van der Waals surface area contributed by atoms with Crippen LogP contribution in [0.5, 0.6) is 0 Å². The van der Waals surface area contributed by atoms with Gasteiger partial charge in [0.25, 0.3) is 0 Å². The summed E-state index contributed by atoms with van der Waals surface area (Å²) in [7, 11) is 4.05. The Labute approximate surface area is 104 Å². The van der Waals surface area contributed by atoms with Crippen molar-refractivity contribution < 1.29 is 5.11 Å². The predicted octanol–water partition coefficient (Wildman–Crippen LogP) is 1.88. The molecule has 0 radical (unpaired) electrons. The van der Waals surface area contributed by atoms with Crippen LogP contribution in [0.25, 0.3) is 0 Å². The van der Waals surface area contributed by atoms with Crippen molar-refractivity contribution in [3.63, 3.8) is 0 Å². The molecular weight excluding hydrogens is 212 g/mol. The molecule has 17 heavy (non-hydrogen) atoms. The van der Waals surface area contributed by atoms with Crippen molar-refractivity contribution in [3.8, 4) is 0 Å². The summed E-state index contributed by atoms with van der Waals surface area (Å²) >= 11 is 0. The van der Waals surface area contributed by atoms with Crippen LogP contribution >= 0.6 is 0 Å². The molecule has 0 bridgehead atoms. The molecule has 2 rings (SSSR count). The van der Waals surface area contributed by atoms with E-state index in [1.54, 1.807) is 0 Å². The van der Waals surface area contributed by atoms with E-state index in [2.05, 4.69) is 21.9 Å². The molecule has 1 aromatic carbocycles. The average Bonchev–Trinajstić information content (AvgIpc) is 2.82. The largest absolute Gasteiger partial charge is 0.387 e. The van der Waals surface area contributed by atoms with E-state index in [4.69, 9.17) is 0 Å². The van der Waals surface area contributed by atoms with Gasteiger partial charge in [-0.15, -0.1) is 0 Å². The molecule has 0 saturated carbocycles. The second-order valence-electron chi connectivity index (χ2n) is 5.01. The van der Waals surface area contributed by atoms with Crippen molar-refractivity contribution in [3.05, 3.63) is 29.8 Å². The lowest BCUT2D eigenvalue weighted by Crippen LogP contribution is -2.25. The number of hydrogen-bond acceptors (Lipinski definition) is 3. The summed E-state index contributed by atoms with van der Waals surface area (Å²) in [4.78, 5) is 4.40. The fraction of sp³-hybridized carbons (Fsp3) is 0.571. The quantitative estimate of drug-likeness (QED) is 0.861. The van der Waals surface area contributed by atoms with Crippen LogP contribution in [0.15, 0.2) is 24.3 Å². The number of likely N-dealkylation sites (tertiary alicyclic amines) is 1. The van der Waals surface area contributed by atoms with Gasteiger partial charge in [-0.05, 0) is 43.6 Å². The highest BCUT2D eigenvalue weighted by Crippen LogP contribution is 2.20. The van der Waals surface area contributed by atoms with Gasteiger partial charge in [0.15, 0.2) is 0 Å². The second kappa shape index (κ2) is 5.52. The summed E-state index contributed by atoms with van der Waals surface area (Å²) in [5.74, 6) is 0. The lowest BCUT2D eigenvalue weighted by molar-refractivity contribution is 0.126. The van der Waals surface area contributed by atoms with Crippen LogP contribution in [-0.4, -0.2) is 43.7 Å². The molecule has 0 amide bonds. The maximum atomic E-state index is 10.2. The Bertz CT molecular complexity index is 342. The van der Waals surface area contributed by atoms with Crippen LogP contribution < -0.4 is 4.90 Å². The lowest BCUT2D eigenvalue weighted by Gasteiger charge is -2.20. The first kappa shape index (κ1) is 12.4. The first-order valence-corrected chi connectivity index (χ1v) is 6.34. The number of nitrogens with zero attached hydrogens (tertiary/aromatic N) is 2. The van der Waals surface area contributed by atoms with E-state index in [9.17, 15) is 5.11 Å². The molecule has 3 heteroatoms. The van der Waals surface area contributed by atoms with Crippen molar-refractivity contribution >= 4 is 5.69 Å². The van der Waals surface area contributed by atoms with Crippen LogP contribution in [0.1, 0.15) is 24.5 Å². The van der Waals surface area contributed by atoms with Gasteiger partial charge in [0.2, 0.25) is 0 Å². The summed E-state index contributed by atoms with van der Waals surface area (Å²) in [6.45, 7) is 3.03. The third-order valence-corrected chi connectivity index (χ3v) is 3.42. The van der Waals surface area contributed by atoms with Crippen molar-refractivity contribution in [1.82, 2.24) is 4.90 Å². The smallest absolute Gasteiger partial charge is 0.0916 e. The van der Waals surface area contributed by atoms with E-state index in [-0.39, 0.29) is 6.10 Å². The van der Waals surface area contributed by atoms with Crippen LogP contribution in [-0.2, 0) is 0 Å². The summed E-state index contributed by atoms with van der Waals surface area (Å²) < 4.78 is 0. The van der Waals surface area contributed by atoms with E-state index in [0.717, 1.165) is 25.2 Å². The molecule has 1 N–H and O–H groups in total. The Morgan fingerprint density at radius 2 is 1.76 bits per heavy atom. The van der Waals surface area contributed by atoms with Crippen molar-refractivity contribution in [1.29, 1.82) is 0 Å². The molecule has 1 fully saturated rings. The summed E-state index contributed by atoms with van der Waals surface area (Å²) in [5, 5.41) is 10.2. The zero-order chi connectivity index (χ0) is 12.3. The van der Waals surface area contributed by atoms with E-state index in [0.29, 0.717) is 0 Å². The van der Waals surface area contributed by atoms with Gasteiger partial charge in [-0.25, -0.2) is 0 Å². The zero-order valence-electron chi connectivity index (χ0n) is 10.8. The molecule has 0 aromatic heterocycles. The Balaban J connectivity index is 1.96. The standard InChI is InChI=1S/C14H22N2O/c1-15(2)13-7-5-12(6-8-13)14(17)11-16-9-3-4-10-16/h5-8,14,17H,3-4,9-11H2,1-2H3. The molecule has 1 aliphatic heterocycles. The second-order valence-corrected chi connectivity index (χ2v) is 5.01. The van der Waals surface area contributed by atoms with Crippen LogP contribution in [0, 0.1) is 0 Å². The van der Waals surface area contributed by atoms with Gasteiger partial charge in [-0.3, -0.25) is 0 Å². The zero-order valence-corrected chi connectivity index (χ0v) is 10.8. The van der Waals surface area contributed by atoms with Gasteiger partial charge in [-0.1, -0.05) is 12.1 Å². The minimum Gasteiger partial charge on any atom is -0.387 e. The van der Waals surface area contributed by atoms with Gasteiger partial charge in [-0.2, -0.15) is 0 Å². The van der Waals surface area contributed by atoms with E-state index in [1.165, 1.54) is 18.5 Å². The highest BCUT2D eigenvalue weighted by Gasteiger charge is 2.16. The molecular formula is C14H22N2O. The number of benzene rings is 1. The highest BCUT2D eigenvalue weighted by molar-refractivity contribution is 5.46.